The molecule has 2 rings (SSSR count). The summed E-state index contributed by atoms with van der Waals surface area (Å²) in [5.41, 5.74) is 5.11. The van der Waals surface area contributed by atoms with Crippen LogP contribution in [0.1, 0.15) is 28.7 Å². The molecule has 2 unspecified atom stereocenters. The van der Waals surface area contributed by atoms with E-state index in [9.17, 15) is 23.7 Å². The Kier molecular flexibility index (Phi) is 7.16. The van der Waals surface area contributed by atoms with E-state index in [1.807, 2.05) is 26.0 Å². The number of rotatable bonds is 8. The lowest BCUT2D eigenvalue weighted by Crippen LogP contribution is -2.18. The van der Waals surface area contributed by atoms with E-state index in [1.165, 1.54) is 6.07 Å². The molecule has 0 fully saturated rings. The molecule has 0 spiro atoms. The first-order valence-corrected chi connectivity index (χ1v) is 11.1. The SMILES string of the molecule is Cc1cc(C)c(CCP(=O)(O)CC(O)CC(=O)O)c(-c2ccc(F)c(C)c2)c1. The molecule has 0 heterocycles. The summed E-state index contributed by atoms with van der Waals surface area (Å²) in [7, 11) is -3.70. The molecule has 3 N–H and O–H groups in total. The Bertz CT molecular complexity index is 925. The third kappa shape index (κ3) is 5.99. The second kappa shape index (κ2) is 8.99. The summed E-state index contributed by atoms with van der Waals surface area (Å²) in [5.74, 6) is -1.50. The van der Waals surface area contributed by atoms with Crippen molar-refractivity contribution in [2.45, 2.75) is 39.7 Å². The minimum atomic E-state index is -3.70. The van der Waals surface area contributed by atoms with Gasteiger partial charge in [0.2, 0.25) is 7.37 Å². The van der Waals surface area contributed by atoms with Gasteiger partial charge in [-0.3, -0.25) is 9.36 Å². The highest BCUT2D eigenvalue weighted by molar-refractivity contribution is 7.58. The van der Waals surface area contributed by atoms with Gasteiger partial charge in [0.25, 0.3) is 0 Å². The maximum Gasteiger partial charge on any atom is 0.305 e. The van der Waals surface area contributed by atoms with Crippen LogP contribution in [-0.2, 0) is 15.8 Å². The van der Waals surface area contributed by atoms with Crippen molar-refractivity contribution in [2.75, 3.05) is 12.3 Å². The van der Waals surface area contributed by atoms with Crippen LogP contribution in [0.3, 0.4) is 0 Å². The average molecular weight is 408 g/mol. The second-order valence-electron chi connectivity index (χ2n) is 7.33. The van der Waals surface area contributed by atoms with Crippen molar-refractivity contribution in [3.63, 3.8) is 0 Å². The van der Waals surface area contributed by atoms with Crippen LogP contribution in [0.5, 0.6) is 0 Å². The number of aliphatic hydroxyl groups is 1. The maximum atomic E-state index is 13.7. The van der Waals surface area contributed by atoms with Crippen molar-refractivity contribution in [1.82, 2.24) is 0 Å². The van der Waals surface area contributed by atoms with Crippen LogP contribution in [0.25, 0.3) is 11.1 Å². The van der Waals surface area contributed by atoms with Gasteiger partial charge in [-0.1, -0.05) is 23.8 Å². The van der Waals surface area contributed by atoms with Crippen LogP contribution in [0.4, 0.5) is 4.39 Å². The van der Waals surface area contributed by atoms with E-state index in [1.54, 1.807) is 19.1 Å². The summed E-state index contributed by atoms with van der Waals surface area (Å²) in [6.07, 6.45) is -2.14. The summed E-state index contributed by atoms with van der Waals surface area (Å²) < 4.78 is 26.1. The second-order valence-corrected chi connectivity index (χ2v) is 9.83. The van der Waals surface area contributed by atoms with Gasteiger partial charge >= 0.3 is 5.97 Å². The molecule has 2 aromatic carbocycles. The Morgan fingerprint density at radius 2 is 1.82 bits per heavy atom. The summed E-state index contributed by atoms with van der Waals surface area (Å²) in [6.45, 7) is 5.56. The Balaban J connectivity index is 2.29. The number of aryl methyl sites for hydroxylation is 3. The summed E-state index contributed by atoms with van der Waals surface area (Å²) in [5, 5.41) is 18.4. The zero-order valence-electron chi connectivity index (χ0n) is 16.3. The van der Waals surface area contributed by atoms with E-state index >= 15 is 0 Å². The van der Waals surface area contributed by atoms with Crippen molar-refractivity contribution in [1.29, 1.82) is 0 Å². The fourth-order valence-electron chi connectivity index (χ4n) is 3.37. The molecular formula is C21H26FO5P. The van der Waals surface area contributed by atoms with Gasteiger partial charge in [-0.25, -0.2) is 4.39 Å². The number of carboxylic acids is 1. The van der Waals surface area contributed by atoms with Gasteiger partial charge in [0.05, 0.1) is 18.7 Å². The van der Waals surface area contributed by atoms with E-state index in [2.05, 4.69) is 0 Å². The fraction of sp³-hybridized carbons (Fsp3) is 0.381. The molecule has 0 aliphatic rings. The zero-order valence-corrected chi connectivity index (χ0v) is 17.2. The lowest BCUT2D eigenvalue weighted by molar-refractivity contribution is -0.138. The molecule has 5 nitrogen and oxygen atoms in total. The smallest absolute Gasteiger partial charge is 0.305 e. The van der Waals surface area contributed by atoms with Crippen LogP contribution in [0.2, 0.25) is 0 Å². The Labute approximate surface area is 164 Å². The van der Waals surface area contributed by atoms with E-state index in [-0.39, 0.29) is 12.0 Å². The molecule has 0 aromatic heterocycles. The van der Waals surface area contributed by atoms with Gasteiger partial charge in [0, 0.05) is 6.16 Å². The molecule has 7 heteroatoms. The Morgan fingerprint density at radius 3 is 2.43 bits per heavy atom. The maximum absolute atomic E-state index is 13.7. The van der Waals surface area contributed by atoms with Crippen molar-refractivity contribution >= 4 is 13.3 Å². The van der Waals surface area contributed by atoms with Gasteiger partial charge in [0.15, 0.2) is 0 Å². The lowest BCUT2D eigenvalue weighted by atomic mass is 9.91. The monoisotopic (exact) mass is 408 g/mol. The van der Waals surface area contributed by atoms with Gasteiger partial charge < -0.3 is 15.1 Å². The van der Waals surface area contributed by atoms with Crippen LogP contribution in [0.15, 0.2) is 30.3 Å². The van der Waals surface area contributed by atoms with Crippen molar-refractivity contribution in [3.8, 4) is 11.1 Å². The fourth-order valence-corrected chi connectivity index (χ4v) is 4.92. The first kappa shape index (κ1) is 22.3. The number of carbonyl (C=O) groups is 1. The molecule has 28 heavy (non-hydrogen) atoms. The number of carboxylic acid groups (broad SMARTS) is 1. The molecule has 2 aromatic rings. The molecule has 0 aliphatic carbocycles. The summed E-state index contributed by atoms with van der Waals surface area (Å²) >= 11 is 0. The molecule has 0 saturated heterocycles. The third-order valence-corrected chi connectivity index (χ3v) is 6.62. The predicted octanol–water partition coefficient (Wildman–Crippen LogP) is 4.07. The minimum absolute atomic E-state index is 0.0687. The highest BCUT2D eigenvalue weighted by atomic mass is 31.2. The zero-order chi connectivity index (χ0) is 21.1. The highest BCUT2D eigenvalue weighted by Gasteiger charge is 2.25. The lowest BCUT2D eigenvalue weighted by Gasteiger charge is -2.18. The van der Waals surface area contributed by atoms with Gasteiger partial charge in [0.1, 0.15) is 5.82 Å². The molecular weight excluding hydrogens is 382 g/mol. The number of aliphatic hydroxyl groups excluding tert-OH is 1. The quantitative estimate of drug-likeness (QED) is 0.573. The van der Waals surface area contributed by atoms with E-state index in [4.69, 9.17) is 5.11 Å². The number of halogens is 1. The largest absolute Gasteiger partial charge is 0.481 e. The van der Waals surface area contributed by atoms with Gasteiger partial charge in [-0.15, -0.1) is 0 Å². The van der Waals surface area contributed by atoms with E-state index < -0.39 is 32.0 Å². The van der Waals surface area contributed by atoms with E-state index in [0.717, 1.165) is 27.8 Å². The van der Waals surface area contributed by atoms with Crippen LogP contribution < -0.4 is 0 Å². The van der Waals surface area contributed by atoms with Crippen LogP contribution >= 0.6 is 7.37 Å². The van der Waals surface area contributed by atoms with Gasteiger partial charge in [-0.2, -0.15) is 0 Å². The predicted molar refractivity (Wildman–Crippen MR) is 108 cm³/mol. The van der Waals surface area contributed by atoms with E-state index in [0.29, 0.717) is 12.0 Å². The minimum Gasteiger partial charge on any atom is -0.481 e. The molecule has 0 saturated carbocycles. The number of benzene rings is 2. The number of aliphatic carboxylic acids is 1. The molecule has 0 amide bonds. The molecule has 2 atom stereocenters. The van der Waals surface area contributed by atoms with Gasteiger partial charge in [-0.05, 0) is 67.1 Å². The molecule has 0 bridgehead atoms. The molecule has 152 valence electrons. The highest BCUT2D eigenvalue weighted by Crippen LogP contribution is 2.43. The summed E-state index contributed by atoms with van der Waals surface area (Å²) in [6, 6.07) is 8.80. The van der Waals surface area contributed by atoms with Crippen molar-refractivity contribution in [2.24, 2.45) is 0 Å². The normalized spacial score (nSPS) is 14.5. The Morgan fingerprint density at radius 1 is 1.14 bits per heavy atom. The molecule has 0 radical (unpaired) electrons. The standard InChI is InChI=1S/C21H26FO5P/c1-13-8-14(2)18(6-7-28(26,27)12-17(23)11-21(24)25)19(9-13)16-4-5-20(22)15(3)10-16/h4-5,8-10,17,23H,6-7,11-12H2,1-3H3,(H,24,25)(H,26,27). The van der Waals surface area contributed by atoms with Crippen LogP contribution in [-0.4, -0.2) is 39.5 Å². The number of hydrogen-bond acceptors (Lipinski definition) is 3. The number of hydrogen-bond donors (Lipinski definition) is 3. The average Bonchev–Trinajstić information content (AvgIpc) is 2.54. The topological polar surface area (TPSA) is 94.8 Å². The Hall–Kier alpha value is -2.01. The first-order valence-electron chi connectivity index (χ1n) is 9.06. The summed E-state index contributed by atoms with van der Waals surface area (Å²) in [4.78, 5) is 20.8. The third-order valence-electron chi connectivity index (χ3n) is 4.70. The van der Waals surface area contributed by atoms with Crippen molar-refractivity contribution < 1.29 is 28.9 Å². The van der Waals surface area contributed by atoms with Crippen LogP contribution in [0, 0.1) is 26.6 Å². The van der Waals surface area contributed by atoms with Crippen molar-refractivity contribution in [3.05, 3.63) is 58.4 Å². The first-order chi connectivity index (χ1) is 13.0. The molecule has 0 aliphatic heterocycles.